The van der Waals surface area contributed by atoms with Gasteiger partial charge in [0.25, 0.3) is 0 Å². The van der Waals surface area contributed by atoms with Gasteiger partial charge in [0.15, 0.2) is 4.77 Å². The van der Waals surface area contributed by atoms with Crippen LogP contribution in [0.3, 0.4) is 0 Å². The topological polar surface area (TPSA) is 29.9 Å². The first kappa shape index (κ1) is 9.93. The standard InChI is InChI=1S/C10H16N2OS/c1-3-8-6-11-10(14)12(8)9-4-5-13-7(9)2/h6-7,9H,3-5H2,1-2H3,(H,11,14). The van der Waals surface area contributed by atoms with Crippen LogP contribution in [0.5, 0.6) is 0 Å². The van der Waals surface area contributed by atoms with Gasteiger partial charge < -0.3 is 14.3 Å². The van der Waals surface area contributed by atoms with Crippen LogP contribution >= 0.6 is 12.2 Å². The van der Waals surface area contributed by atoms with Gasteiger partial charge in [-0.1, -0.05) is 6.92 Å². The summed E-state index contributed by atoms with van der Waals surface area (Å²) in [6.45, 7) is 5.11. The summed E-state index contributed by atoms with van der Waals surface area (Å²) >= 11 is 5.28. The molecule has 0 spiro atoms. The van der Waals surface area contributed by atoms with Gasteiger partial charge in [-0.05, 0) is 32.0 Å². The number of aromatic nitrogens is 2. The van der Waals surface area contributed by atoms with Crippen molar-refractivity contribution in [1.29, 1.82) is 0 Å². The van der Waals surface area contributed by atoms with E-state index in [2.05, 4.69) is 23.4 Å². The van der Waals surface area contributed by atoms with E-state index < -0.39 is 0 Å². The van der Waals surface area contributed by atoms with Crippen molar-refractivity contribution in [1.82, 2.24) is 9.55 Å². The Morgan fingerprint density at radius 3 is 3.07 bits per heavy atom. The number of rotatable bonds is 2. The average Bonchev–Trinajstić information content (AvgIpc) is 2.72. The fraction of sp³-hybridized carbons (Fsp3) is 0.700. The third-order valence-electron chi connectivity index (χ3n) is 2.92. The van der Waals surface area contributed by atoms with E-state index in [1.54, 1.807) is 0 Å². The van der Waals surface area contributed by atoms with Crippen LogP contribution in [-0.2, 0) is 11.2 Å². The molecule has 1 fully saturated rings. The van der Waals surface area contributed by atoms with Gasteiger partial charge in [0.1, 0.15) is 0 Å². The number of aryl methyl sites for hydroxylation is 1. The van der Waals surface area contributed by atoms with Gasteiger partial charge in [-0.25, -0.2) is 0 Å². The van der Waals surface area contributed by atoms with Crippen molar-refractivity contribution in [2.24, 2.45) is 0 Å². The van der Waals surface area contributed by atoms with Crippen molar-refractivity contribution in [3.63, 3.8) is 0 Å². The Bertz CT molecular complexity index is 368. The summed E-state index contributed by atoms with van der Waals surface area (Å²) < 4.78 is 8.60. The monoisotopic (exact) mass is 212 g/mol. The summed E-state index contributed by atoms with van der Waals surface area (Å²) in [6, 6.07) is 0.420. The third kappa shape index (κ3) is 1.53. The minimum atomic E-state index is 0.280. The zero-order valence-electron chi connectivity index (χ0n) is 8.62. The molecule has 1 aliphatic heterocycles. The van der Waals surface area contributed by atoms with Crippen molar-refractivity contribution in [2.45, 2.75) is 38.8 Å². The number of aromatic amines is 1. The predicted octanol–water partition coefficient (Wildman–Crippen LogP) is 2.46. The quantitative estimate of drug-likeness (QED) is 0.763. The highest BCUT2D eigenvalue weighted by Crippen LogP contribution is 2.27. The Morgan fingerprint density at radius 1 is 1.71 bits per heavy atom. The molecule has 0 aliphatic carbocycles. The fourth-order valence-electron chi connectivity index (χ4n) is 2.11. The van der Waals surface area contributed by atoms with E-state index >= 15 is 0 Å². The lowest BCUT2D eigenvalue weighted by Crippen LogP contribution is -2.18. The molecule has 2 unspecified atom stereocenters. The van der Waals surface area contributed by atoms with Crippen LogP contribution in [0.4, 0.5) is 0 Å². The number of nitrogens with zero attached hydrogens (tertiary/aromatic N) is 1. The van der Waals surface area contributed by atoms with Crippen LogP contribution in [-0.4, -0.2) is 22.3 Å². The van der Waals surface area contributed by atoms with Gasteiger partial charge in [-0.15, -0.1) is 0 Å². The maximum Gasteiger partial charge on any atom is 0.177 e. The van der Waals surface area contributed by atoms with E-state index in [1.807, 2.05) is 6.20 Å². The van der Waals surface area contributed by atoms with Gasteiger partial charge in [0.2, 0.25) is 0 Å². The first-order valence-corrected chi connectivity index (χ1v) is 5.55. The van der Waals surface area contributed by atoms with E-state index in [0.717, 1.165) is 24.2 Å². The van der Waals surface area contributed by atoms with E-state index in [-0.39, 0.29) is 6.10 Å². The molecular formula is C10H16N2OS. The Balaban J connectivity index is 2.38. The molecule has 1 N–H and O–H groups in total. The maximum atomic E-state index is 5.56. The summed E-state index contributed by atoms with van der Waals surface area (Å²) in [5.74, 6) is 0. The number of nitrogens with one attached hydrogen (secondary N) is 1. The van der Waals surface area contributed by atoms with E-state index in [1.165, 1.54) is 5.69 Å². The molecule has 1 saturated heterocycles. The molecule has 0 saturated carbocycles. The second kappa shape index (κ2) is 3.87. The summed E-state index contributed by atoms with van der Waals surface area (Å²) in [7, 11) is 0. The largest absolute Gasteiger partial charge is 0.376 e. The summed E-state index contributed by atoms with van der Waals surface area (Å²) in [5, 5.41) is 0. The van der Waals surface area contributed by atoms with E-state index in [4.69, 9.17) is 17.0 Å². The second-order valence-electron chi connectivity index (χ2n) is 3.74. The summed E-state index contributed by atoms with van der Waals surface area (Å²) in [5.41, 5.74) is 1.28. The molecule has 4 heteroatoms. The number of H-pyrrole nitrogens is 1. The number of hydrogen-bond donors (Lipinski definition) is 1. The minimum absolute atomic E-state index is 0.280. The van der Waals surface area contributed by atoms with Gasteiger partial charge in [0.05, 0.1) is 12.1 Å². The maximum absolute atomic E-state index is 5.56. The lowest BCUT2D eigenvalue weighted by Gasteiger charge is -2.18. The molecule has 14 heavy (non-hydrogen) atoms. The minimum Gasteiger partial charge on any atom is -0.376 e. The van der Waals surface area contributed by atoms with Gasteiger partial charge in [-0.2, -0.15) is 0 Å². The molecule has 78 valence electrons. The molecule has 0 radical (unpaired) electrons. The Labute approximate surface area is 89.1 Å². The Hall–Kier alpha value is -0.610. The summed E-state index contributed by atoms with van der Waals surface area (Å²) in [6.07, 6.45) is 4.37. The molecule has 0 bridgehead atoms. The lowest BCUT2D eigenvalue weighted by atomic mass is 10.1. The molecule has 0 amide bonds. The molecule has 0 aromatic carbocycles. The molecule has 1 aliphatic rings. The third-order valence-corrected chi connectivity index (χ3v) is 3.24. The van der Waals surface area contributed by atoms with Gasteiger partial charge >= 0.3 is 0 Å². The molecule has 2 atom stereocenters. The average molecular weight is 212 g/mol. The molecule has 1 aromatic rings. The smallest absolute Gasteiger partial charge is 0.177 e. The molecule has 2 rings (SSSR count). The first-order chi connectivity index (χ1) is 6.74. The molecule has 1 aromatic heterocycles. The number of ether oxygens (including phenoxy) is 1. The second-order valence-corrected chi connectivity index (χ2v) is 4.13. The highest BCUT2D eigenvalue weighted by Gasteiger charge is 2.27. The van der Waals surface area contributed by atoms with Crippen LogP contribution < -0.4 is 0 Å². The van der Waals surface area contributed by atoms with Crippen molar-refractivity contribution < 1.29 is 4.74 Å². The normalized spacial score (nSPS) is 27.0. The lowest BCUT2D eigenvalue weighted by molar-refractivity contribution is 0.107. The number of hydrogen-bond acceptors (Lipinski definition) is 2. The van der Waals surface area contributed by atoms with Crippen LogP contribution in [0.1, 0.15) is 32.0 Å². The van der Waals surface area contributed by atoms with Crippen molar-refractivity contribution >= 4 is 12.2 Å². The Kier molecular flexibility index (Phi) is 2.74. The highest BCUT2D eigenvalue weighted by atomic mass is 32.1. The van der Waals surface area contributed by atoms with Crippen LogP contribution in [0.2, 0.25) is 0 Å². The van der Waals surface area contributed by atoms with E-state index in [9.17, 15) is 0 Å². The first-order valence-electron chi connectivity index (χ1n) is 5.14. The molecule has 3 nitrogen and oxygen atoms in total. The molecular weight excluding hydrogens is 196 g/mol. The SMILES string of the molecule is CCc1c[nH]c(=S)n1C1CCOC1C. The highest BCUT2D eigenvalue weighted by molar-refractivity contribution is 7.71. The van der Waals surface area contributed by atoms with Crippen LogP contribution in [0.15, 0.2) is 6.20 Å². The van der Waals surface area contributed by atoms with Crippen molar-refractivity contribution in [3.8, 4) is 0 Å². The Morgan fingerprint density at radius 2 is 2.50 bits per heavy atom. The van der Waals surface area contributed by atoms with Crippen LogP contribution in [0, 0.1) is 4.77 Å². The van der Waals surface area contributed by atoms with Crippen molar-refractivity contribution in [3.05, 3.63) is 16.7 Å². The van der Waals surface area contributed by atoms with E-state index in [0.29, 0.717) is 6.04 Å². The predicted molar refractivity (Wildman–Crippen MR) is 58.1 cm³/mol. The molecule has 2 heterocycles. The summed E-state index contributed by atoms with van der Waals surface area (Å²) in [4.78, 5) is 3.11. The van der Waals surface area contributed by atoms with Gasteiger partial charge in [-0.3, -0.25) is 0 Å². The van der Waals surface area contributed by atoms with Crippen molar-refractivity contribution in [2.75, 3.05) is 6.61 Å². The zero-order valence-corrected chi connectivity index (χ0v) is 9.43. The van der Waals surface area contributed by atoms with Crippen LogP contribution in [0.25, 0.3) is 0 Å². The zero-order chi connectivity index (χ0) is 10.1. The van der Waals surface area contributed by atoms with Gasteiger partial charge in [0, 0.05) is 18.5 Å². The fourth-order valence-corrected chi connectivity index (χ4v) is 2.42. The number of imidazole rings is 1.